The molecule has 0 spiro atoms. The molecule has 0 atom stereocenters. The van der Waals surface area contributed by atoms with Gasteiger partial charge in [-0.1, -0.05) is 11.6 Å². The van der Waals surface area contributed by atoms with Crippen LogP contribution in [0.3, 0.4) is 0 Å². The topological polar surface area (TPSA) is 93.5 Å². The molecule has 8 heteroatoms. The van der Waals surface area contributed by atoms with Gasteiger partial charge in [0.1, 0.15) is 10.6 Å². The van der Waals surface area contributed by atoms with Gasteiger partial charge in [-0.2, -0.15) is 0 Å². The maximum Gasteiger partial charge on any atom is 0.407 e. The quantitative estimate of drug-likeness (QED) is 0.602. The zero-order chi connectivity index (χ0) is 18.6. The Labute approximate surface area is 152 Å². The average molecular weight is 370 g/mol. The minimum atomic E-state index is -0.502. The lowest BCUT2D eigenvalue weighted by atomic mass is 9.91. The first-order chi connectivity index (χ1) is 11.6. The van der Waals surface area contributed by atoms with E-state index in [1.54, 1.807) is 12.1 Å². The van der Waals surface area contributed by atoms with Crippen molar-refractivity contribution in [2.75, 3.05) is 5.32 Å². The number of anilines is 1. The van der Waals surface area contributed by atoms with Crippen molar-refractivity contribution in [1.82, 2.24) is 5.32 Å². The molecule has 1 aromatic carbocycles. The highest BCUT2D eigenvalue weighted by atomic mass is 35.5. The maximum atomic E-state index is 11.8. The summed E-state index contributed by atoms with van der Waals surface area (Å²) >= 11 is 5.93. The summed E-state index contributed by atoms with van der Waals surface area (Å²) in [5.74, 6) is 0. The Morgan fingerprint density at radius 1 is 1.24 bits per heavy atom. The molecular formula is C17H24ClN3O4. The van der Waals surface area contributed by atoms with E-state index in [0.29, 0.717) is 0 Å². The van der Waals surface area contributed by atoms with Crippen molar-refractivity contribution >= 4 is 29.1 Å². The van der Waals surface area contributed by atoms with Crippen molar-refractivity contribution in [3.05, 3.63) is 33.3 Å². The van der Waals surface area contributed by atoms with E-state index >= 15 is 0 Å². The Morgan fingerprint density at radius 2 is 1.84 bits per heavy atom. The van der Waals surface area contributed by atoms with Crippen LogP contribution in [0.2, 0.25) is 5.02 Å². The standard InChI is InChI=1S/C17H24ClN3O4/c1-17(2,3)25-16(22)20-12-6-4-11(5-7-12)19-13-8-9-15(21(23)24)14(18)10-13/h8-12,19H,4-7H2,1-3H3,(H,20,22). The Bertz CT molecular complexity index is 637. The molecule has 2 rings (SSSR count). The number of hydrogen-bond acceptors (Lipinski definition) is 5. The number of halogens is 1. The molecule has 138 valence electrons. The SMILES string of the molecule is CC(C)(C)OC(=O)NC1CCC(Nc2ccc([N+](=O)[O-])c(Cl)c2)CC1. The third kappa shape index (κ3) is 6.08. The van der Waals surface area contributed by atoms with E-state index in [9.17, 15) is 14.9 Å². The van der Waals surface area contributed by atoms with Crippen LogP contribution >= 0.6 is 11.6 Å². The number of nitro groups is 1. The van der Waals surface area contributed by atoms with Crippen LogP contribution in [0.1, 0.15) is 46.5 Å². The fraction of sp³-hybridized carbons (Fsp3) is 0.588. The molecule has 1 saturated carbocycles. The van der Waals surface area contributed by atoms with E-state index in [4.69, 9.17) is 16.3 Å². The molecular weight excluding hydrogens is 346 g/mol. The molecule has 0 saturated heterocycles. The number of nitrogens with one attached hydrogen (secondary N) is 2. The van der Waals surface area contributed by atoms with Crippen LogP contribution in [0.5, 0.6) is 0 Å². The van der Waals surface area contributed by atoms with Crippen molar-refractivity contribution in [2.45, 2.75) is 64.1 Å². The van der Waals surface area contributed by atoms with Crippen LogP contribution < -0.4 is 10.6 Å². The Hall–Kier alpha value is -2.02. The number of hydrogen-bond donors (Lipinski definition) is 2. The average Bonchev–Trinajstić information content (AvgIpc) is 2.47. The van der Waals surface area contributed by atoms with E-state index < -0.39 is 10.5 Å². The van der Waals surface area contributed by atoms with Crippen LogP contribution in [-0.4, -0.2) is 28.7 Å². The highest BCUT2D eigenvalue weighted by Crippen LogP contribution is 2.29. The number of ether oxygens (including phenoxy) is 1. The number of carbonyl (C=O) groups excluding carboxylic acids is 1. The summed E-state index contributed by atoms with van der Waals surface area (Å²) in [5, 5.41) is 17.2. The molecule has 0 bridgehead atoms. The van der Waals surface area contributed by atoms with E-state index in [1.807, 2.05) is 20.8 Å². The third-order valence-corrected chi connectivity index (χ3v) is 4.27. The first kappa shape index (κ1) is 19.3. The summed E-state index contributed by atoms with van der Waals surface area (Å²) in [6, 6.07) is 4.99. The molecule has 25 heavy (non-hydrogen) atoms. The first-order valence-corrected chi connectivity index (χ1v) is 8.72. The lowest BCUT2D eigenvalue weighted by molar-refractivity contribution is -0.384. The Balaban J connectivity index is 1.81. The van der Waals surface area contributed by atoms with Gasteiger partial charge in [0.05, 0.1) is 4.92 Å². The number of carbonyl (C=O) groups is 1. The molecule has 1 aromatic rings. The summed E-state index contributed by atoms with van der Waals surface area (Å²) in [4.78, 5) is 22.1. The third-order valence-electron chi connectivity index (χ3n) is 3.96. The number of rotatable bonds is 4. The molecule has 0 radical (unpaired) electrons. The van der Waals surface area contributed by atoms with Crippen LogP contribution in [0.25, 0.3) is 0 Å². The van der Waals surface area contributed by atoms with Crippen molar-refractivity contribution < 1.29 is 14.5 Å². The molecule has 0 heterocycles. The second-order valence-electron chi connectivity index (χ2n) is 7.26. The minimum Gasteiger partial charge on any atom is -0.444 e. The first-order valence-electron chi connectivity index (χ1n) is 8.34. The summed E-state index contributed by atoms with van der Waals surface area (Å²) in [5.41, 5.74) is 0.162. The smallest absolute Gasteiger partial charge is 0.407 e. The van der Waals surface area contributed by atoms with Crippen LogP contribution in [0, 0.1) is 10.1 Å². The van der Waals surface area contributed by atoms with E-state index in [0.717, 1.165) is 31.4 Å². The van der Waals surface area contributed by atoms with Crippen molar-refractivity contribution in [3.63, 3.8) is 0 Å². The van der Waals surface area contributed by atoms with Crippen LogP contribution in [0.4, 0.5) is 16.2 Å². The molecule has 1 amide bonds. The number of alkyl carbamates (subject to hydrolysis) is 1. The van der Waals surface area contributed by atoms with Gasteiger partial charge < -0.3 is 15.4 Å². The predicted molar refractivity (Wildman–Crippen MR) is 97.1 cm³/mol. The Morgan fingerprint density at radius 3 is 2.36 bits per heavy atom. The highest BCUT2D eigenvalue weighted by molar-refractivity contribution is 6.32. The number of nitro benzene ring substituents is 1. The second kappa shape index (κ2) is 7.91. The van der Waals surface area contributed by atoms with Gasteiger partial charge in [0, 0.05) is 23.8 Å². The molecule has 1 aliphatic rings. The second-order valence-corrected chi connectivity index (χ2v) is 7.67. The van der Waals surface area contributed by atoms with Crippen molar-refractivity contribution in [3.8, 4) is 0 Å². The largest absolute Gasteiger partial charge is 0.444 e. The molecule has 1 fully saturated rings. The summed E-state index contributed by atoms with van der Waals surface area (Å²) < 4.78 is 5.27. The van der Waals surface area contributed by atoms with Gasteiger partial charge in [0.15, 0.2) is 0 Å². The normalized spacial score (nSPS) is 20.6. The fourth-order valence-corrected chi connectivity index (χ4v) is 3.09. The minimum absolute atomic E-state index is 0.0996. The maximum absolute atomic E-state index is 11.8. The molecule has 7 nitrogen and oxygen atoms in total. The van der Waals surface area contributed by atoms with E-state index in [-0.39, 0.29) is 28.9 Å². The van der Waals surface area contributed by atoms with Crippen LogP contribution in [0.15, 0.2) is 18.2 Å². The number of amides is 1. The van der Waals surface area contributed by atoms with Gasteiger partial charge in [0.25, 0.3) is 5.69 Å². The molecule has 0 aromatic heterocycles. The van der Waals surface area contributed by atoms with Crippen LogP contribution in [-0.2, 0) is 4.74 Å². The van der Waals surface area contributed by atoms with E-state index in [2.05, 4.69) is 10.6 Å². The van der Waals surface area contributed by atoms with Gasteiger partial charge in [-0.3, -0.25) is 10.1 Å². The van der Waals surface area contributed by atoms with Crippen molar-refractivity contribution in [1.29, 1.82) is 0 Å². The lowest BCUT2D eigenvalue weighted by Gasteiger charge is -2.31. The molecule has 1 aliphatic carbocycles. The summed E-state index contributed by atoms with van der Waals surface area (Å²) in [6.07, 6.45) is 3.07. The predicted octanol–water partition coefficient (Wildman–Crippen LogP) is 4.50. The van der Waals surface area contributed by atoms with Gasteiger partial charge in [-0.25, -0.2) is 4.79 Å². The highest BCUT2D eigenvalue weighted by Gasteiger charge is 2.25. The monoisotopic (exact) mass is 369 g/mol. The summed E-state index contributed by atoms with van der Waals surface area (Å²) in [7, 11) is 0. The fourth-order valence-electron chi connectivity index (χ4n) is 2.84. The number of nitrogens with zero attached hydrogens (tertiary/aromatic N) is 1. The zero-order valence-electron chi connectivity index (χ0n) is 14.7. The van der Waals surface area contributed by atoms with Gasteiger partial charge in [-0.05, 0) is 58.6 Å². The molecule has 0 aliphatic heterocycles. The molecule has 0 unspecified atom stereocenters. The van der Waals surface area contributed by atoms with E-state index in [1.165, 1.54) is 6.07 Å². The summed E-state index contributed by atoms with van der Waals surface area (Å²) in [6.45, 7) is 5.51. The van der Waals surface area contributed by atoms with Gasteiger partial charge in [0.2, 0.25) is 0 Å². The zero-order valence-corrected chi connectivity index (χ0v) is 15.4. The number of benzene rings is 1. The Kier molecular flexibility index (Phi) is 6.11. The lowest BCUT2D eigenvalue weighted by Crippen LogP contribution is -2.42. The molecule has 2 N–H and O–H groups in total. The van der Waals surface area contributed by atoms with Gasteiger partial charge in [-0.15, -0.1) is 0 Å². The van der Waals surface area contributed by atoms with Gasteiger partial charge >= 0.3 is 6.09 Å². The van der Waals surface area contributed by atoms with Crippen molar-refractivity contribution in [2.24, 2.45) is 0 Å².